The lowest BCUT2D eigenvalue weighted by molar-refractivity contribution is 0.601. The van der Waals surface area contributed by atoms with Crippen molar-refractivity contribution in [3.8, 4) is 0 Å². The molecule has 0 atom stereocenters. The number of nitrogens with zero attached hydrogens (tertiary/aromatic N) is 5. The van der Waals surface area contributed by atoms with E-state index in [2.05, 4.69) is 38.2 Å². The van der Waals surface area contributed by atoms with Crippen LogP contribution in [0.2, 0.25) is 0 Å². The molecule has 0 bridgehead atoms. The SMILES string of the molecule is Brc1ccc(N2N=C3N=C4C=CC=CN4N=C3C=C2c2ccccc2)cc1. The summed E-state index contributed by atoms with van der Waals surface area (Å²) in [7, 11) is 0. The number of amidine groups is 2. The van der Waals surface area contributed by atoms with Crippen LogP contribution in [0.5, 0.6) is 0 Å². The minimum Gasteiger partial charge on any atom is -0.231 e. The first-order chi connectivity index (χ1) is 13.3. The Hall–Kier alpha value is -3.25. The maximum Gasteiger partial charge on any atom is 0.202 e. The third kappa shape index (κ3) is 2.94. The van der Waals surface area contributed by atoms with Crippen molar-refractivity contribution in [2.75, 3.05) is 5.01 Å². The molecule has 0 N–H and O–H groups in total. The number of hydrazone groups is 2. The molecule has 0 radical (unpaired) electrons. The van der Waals surface area contributed by atoms with Gasteiger partial charge in [-0.1, -0.05) is 52.3 Å². The van der Waals surface area contributed by atoms with Crippen LogP contribution in [0.1, 0.15) is 5.56 Å². The minimum atomic E-state index is 0.601. The van der Waals surface area contributed by atoms with Crippen molar-refractivity contribution in [1.29, 1.82) is 0 Å². The maximum atomic E-state index is 4.82. The molecule has 0 amide bonds. The quantitative estimate of drug-likeness (QED) is 0.708. The van der Waals surface area contributed by atoms with Gasteiger partial charge in [0.1, 0.15) is 5.71 Å². The highest BCUT2D eigenvalue weighted by Crippen LogP contribution is 2.31. The van der Waals surface area contributed by atoms with Crippen LogP contribution < -0.4 is 5.01 Å². The number of rotatable bonds is 2. The van der Waals surface area contributed by atoms with Crippen molar-refractivity contribution in [2.24, 2.45) is 15.2 Å². The number of hydrogen-bond donors (Lipinski definition) is 0. The fraction of sp³-hybridized carbons (Fsp3) is 0. The number of aliphatic imine (C=N–C) groups is 1. The van der Waals surface area contributed by atoms with Crippen LogP contribution in [0, 0.1) is 0 Å². The molecule has 0 unspecified atom stereocenters. The summed E-state index contributed by atoms with van der Waals surface area (Å²) < 4.78 is 1.02. The second kappa shape index (κ2) is 6.48. The fourth-order valence-corrected chi connectivity index (χ4v) is 3.29. The Balaban J connectivity index is 1.65. The lowest BCUT2D eigenvalue weighted by Gasteiger charge is -2.30. The highest BCUT2D eigenvalue weighted by molar-refractivity contribution is 9.10. The molecule has 3 aliphatic heterocycles. The second-order valence-electron chi connectivity index (χ2n) is 6.11. The monoisotopic (exact) mass is 415 g/mol. The van der Waals surface area contributed by atoms with Gasteiger partial charge in [0.25, 0.3) is 0 Å². The summed E-state index contributed by atoms with van der Waals surface area (Å²) in [4.78, 5) is 4.68. The predicted octanol–water partition coefficient (Wildman–Crippen LogP) is 4.78. The molecule has 3 aliphatic rings. The molecule has 6 heteroatoms. The summed E-state index contributed by atoms with van der Waals surface area (Å²) in [6, 6.07) is 18.2. The Morgan fingerprint density at radius 1 is 0.852 bits per heavy atom. The van der Waals surface area contributed by atoms with E-state index in [1.165, 1.54) is 0 Å². The van der Waals surface area contributed by atoms with Gasteiger partial charge >= 0.3 is 0 Å². The predicted molar refractivity (Wildman–Crippen MR) is 113 cm³/mol. The number of hydrogen-bond acceptors (Lipinski definition) is 5. The van der Waals surface area contributed by atoms with Crippen LogP contribution in [-0.2, 0) is 0 Å². The molecular formula is C21H14BrN5. The molecule has 0 saturated carbocycles. The van der Waals surface area contributed by atoms with E-state index in [0.29, 0.717) is 5.84 Å². The molecule has 2 aromatic carbocycles. The van der Waals surface area contributed by atoms with Crippen LogP contribution in [0.3, 0.4) is 0 Å². The van der Waals surface area contributed by atoms with Crippen LogP contribution in [-0.4, -0.2) is 22.4 Å². The van der Waals surface area contributed by atoms with Crippen molar-refractivity contribution in [1.82, 2.24) is 5.01 Å². The van der Waals surface area contributed by atoms with E-state index in [1.807, 2.05) is 78.0 Å². The van der Waals surface area contributed by atoms with Gasteiger partial charge in [-0.25, -0.2) is 15.0 Å². The Morgan fingerprint density at radius 2 is 1.67 bits per heavy atom. The number of allylic oxidation sites excluding steroid dienone is 2. The van der Waals surface area contributed by atoms with E-state index in [1.54, 1.807) is 5.01 Å². The van der Waals surface area contributed by atoms with Gasteiger partial charge in [0.05, 0.1) is 11.4 Å². The van der Waals surface area contributed by atoms with Gasteiger partial charge in [-0.3, -0.25) is 0 Å². The lowest BCUT2D eigenvalue weighted by Crippen LogP contribution is -2.35. The summed E-state index contributed by atoms with van der Waals surface area (Å²) in [5.41, 5.74) is 3.72. The summed E-state index contributed by atoms with van der Waals surface area (Å²) in [5, 5.41) is 13.2. The van der Waals surface area contributed by atoms with Crippen LogP contribution >= 0.6 is 15.9 Å². The largest absolute Gasteiger partial charge is 0.231 e. The number of fused-ring (bicyclic) bond motifs is 2. The Kier molecular flexibility index (Phi) is 3.83. The lowest BCUT2D eigenvalue weighted by atomic mass is 10.1. The molecule has 0 aliphatic carbocycles. The van der Waals surface area contributed by atoms with E-state index in [4.69, 9.17) is 5.10 Å². The average molecular weight is 416 g/mol. The molecule has 130 valence electrons. The van der Waals surface area contributed by atoms with E-state index >= 15 is 0 Å². The Labute approximate surface area is 165 Å². The van der Waals surface area contributed by atoms with E-state index in [-0.39, 0.29) is 0 Å². The standard InChI is InChI=1S/C21H14BrN5/c22-16-9-11-17(12-10-16)27-19(15-6-2-1-3-7-15)14-18-21(25-27)23-20-8-4-5-13-26(20)24-18/h1-14H. The van der Waals surface area contributed by atoms with Crippen LogP contribution in [0.15, 0.2) is 105 Å². The molecule has 0 spiro atoms. The topological polar surface area (TPSA) is 43.6 Å². The van der Waals surface area contributed by atoms with Gasteiger partial charge in [-0.2, -0.15) is 5.10 Å². The number of benzene rings is 2. The van der Waals surface area contributed by atoms with Gasteiger partial charge < -0.3 is 0 Å². The molecule has 0 saturated heterocycles. The van der Waals surface area contributed by atoms with Gasteiger partial charge in [0.2, 0.25) is 5.84 Å². The van der Waals surface area contributed by atoms with Crippen molar-refractivity contribution >= 4 is 44.7 Å². The fourth-order valence-electron chi connectivity index (χ4n) is 3.03. The summed E-state index contributed by atoms with van der Waals surface area (Å²) in [6.45, 7) is 0. The van der Waals surface area contributed by atoms with E-state index < -0.39 is 0 Å². The van der Waals surface area contributed by atoms with Gasteiger partial charge in [0.15, 0.2) is 5.84 Å². The third-order valence-electron chi connectivity index (χ3n) is 4.32. The Morgan fingerprint density at radius 3 is 2.48 bits per heavy atom. The van der Waals surface area contributed by atoms with E-state index in [0.717, 1.165) is 33.0 Å². The molecule has 2 aromatic rings. The van der Waals surface area contributed by atoms with Gasteiger partial charge in [-0.05, 0) is 42.5 Å². The number of halogens is 1. The van der Waals surface area contributed by atoms with Gasteiger partial charge in [-0.15, -0.1) is 5.10 Å². The number of anilines is 1. The zero-order chi connectivity index (χ0) is 18.2. The van der Waals surface area contributed by atoms with Crippen molar-refractivity contribution in [3.63, 3.8) is 0 Å². The van der Waals surface area contributed by atoms with Crippen LogP contribution in [0.4, 0.5) is 5.69 Å². The summed E-state index contributed by atoms with van der Waals surface area (Å²) in [5.74, 6) is 1.36. The summed E-state index contributed by atoms with van der Waals surface area (Å²) in [6.07, 6.45) is 9.72. The average Bonchev–Trinajstić information content (AvgIpc) is 2.72. The molecular weight excluding hydrogens is 402 g/mol. The first-order valence-electron chi connectivity index (χ1n) is 8.51. The molecule has 5 rings (SSSR count). The highest BCUT2D eigenvalue weighted by atomic mass is 79.9. The second-order valence-corrected chi connectivity index (χ2v) is 7.02. The molecule has 0 fully saturated rings. The highest BCUT2D eigenvalue weighted by Gasteiger charge is 2.27. The zero-order valence-electron chi connectivity index (χ0n) is 14.2. The normalized spacial score (nSPS) is 17.5. The molecule has 0 aromatic heterocycles. The van der Waals surface area contributed by atoms with E-state index in [9.17, 15) is 0 Å². The van der Waals surface area contributed by atoms with Gasteiger partial charge in [0, 0.05) is 16.2 Å². The van der Waals surface area contributed by atoms with Crippen molar-refractivity contribution < 1.29 is 0 Å². The Bertz CT molecular complexity index is 1080. The summed E-state index contributed by atoms with van der Waals surface area (Å²) >= 11 is 3.49. The third-order valence-corrected chi connectivity index (χ3v) is 4.85. The van der Waals surface area contributed by atoms with Crippen molar-refractivity contribution in [3.05, 3.63) is 95.1 Å². The maximum absolute atomic E-state index is 4.82. The first kappa shape index (κ1) is 16.0. The molecule has 5 nitrogen and oxygen atoms in total. The van der Waals surface area contributed by atoms with Crippen LogP contribution in [0.25, 0.3) is 5.70 Å². The molecule has 3 heterocycles. The zero-order valence-corrected chi connectivity index (χ0v) is 15.8. The smallest absolute Gasteiger partial charge is 0.202 e. The minimum absolute atomic E-state index is 0.601. The molecule has 27 heavy (non-hydrogen) atoms. The first-order valence-corrected chi connectivity index (χ1v) is 9.30. The van der Waals surface area contributed by atoms with Crippen molar-refractivity contribution in [2.45, 2.75) is 0 Å².